The molecule has 0 bridgehead atoms. The van der Waals surface area contributed by atoms with E-state index >= 15 is 0 Å². The van der Waals surface area contributed by atoms with Gasteiger partial charge in [0, 0.05) is 61.1 Å². The average Bonchev–Trinajstić information content (AvgIpc) is 3.01. The molecule has 2 heterocycles. The number of amides is 1. The molecule has 9 heteroatoms. The van der Waals surface area contributed by atoms with E-state index < -0.39 is 5.60 Å². The third-order valence-corrected chi connectivity index (χ3v) is 7.90. The van der Waals surface area contributed by atoms with Crippen LogP contribution < -0.4 is 10.6 Å². The highest BCUT2D eigenvalue weighted by atomic mass is 79.9. The second-order valence-corrected chi connectivity index (χ2v) is 12.6. The molecule has 1 aliphatic heterocycles. The number of carbonyl (C=O) groups is 1. The molecular formula is C29H40BrClN4O3. The summed E-state index contributed by atoms with van der Waals surface area (Å²) in [6.45, 7) is 8.79. The molecule has 1 aromatic carbocycles. The zero-order valence-corrected chi connectivity index (χ0v) is 25.2. The number of alkyl carbamates (subject to hydrolysis) is 1. The molecule has 208 valence electrons. The second-order valence-electron chi connectivity index (χ2n) is 11.3. The van der Waals surface area contributed by atoms with Gasteiger partial charge in [-0.25, -0.2) is 4.79 Å². The predicted molar refractivity (Wildman–Crippen MR) is 155 cm³/mol. The maximum atomic E-state index is 12.3. The van der Waals surface area contributed by atoms with Crippen molar-refractivity contribution in [3.8, 4) is 0 Å². The second kappa shape index (κ2) is 13.1. The Labute approximate surface area is 240 Å². The van der Waals surface area contributed by atoms with E-state index in [-0.39, 0.29) is 18.2 Å². The lowest BCUT2D eigenvalue weighted by molar-refractivity contribution is 0.0490. The fourth-order valence-corrected chi connectivity index (χ4v) is 5.99. The number of likely N-dealkylation sites (tertiary alicyclic amines) is 1. The number of rotatable bonds is 8. The molecule has 1 aromatic heterocycles. The average molecular weight is 608 g/mol. The summed E-state index contributed by atoms with van der Waals surface area (Å²) in [4.78, 5) is 19.8. The molecule has 7 nitrogen and oxygen atoms in total. The minimum absolute atomic E-state index is 0.0594. The summed E-state index contributed by atoms with van der Waals surface area (Å²) in [7, 11) is 1.68. The summed E-state index contributed by atoms with van der Waals surface area (Å²) in [6.07, 6.45) is 6.21. The molecule has 1 aliphatic carbocycles. The van der Waals surface area contributed by atoms with Gasteiger partial charge in [0.05, 0.1) is 11.7 Å². The zero-order chi connectivity index (χ0) is 27.3. The molecular weight excluding hydrogens is 568 g/mol. The van der Waals surface area contributed by atoms with Crippen LogP contribution in [-0.2, 0) is 22.3 Å². The molecule has 2 aromatic rings. The Morgan fingerprint density at radius 1 is 1.21 bits per heavy atom. The SMILES string of the molecule is COCCC(CNC1CCN(C2c3ccc(Cl)cc3CCc3cc(Br)cnc32)CC1)NC(=O)OC(C)(C)C. The van der Waals surface area contributed by atoms with Gasteiger partial charge in [0.2, 0.25) is 0 Å². The smallest absolute Gasteiger partial charge is 0.407 e. The predicted octanol–water partition coefficient (Wildman–Crippen LogP) is 5.67. The van der Waals surface area contributed by atoms with Crippen molar-refractivity contribution in [2.75, 3.05) is 33.4 Å². The van der Waals surface area contributed by atoms with Crippen LogP contribution in [0.2, 0.25) is 5.02 Å². The fourth-order valence-electron chi connectivity index (χ4n) is 5.41. The fraction of sp³-hybridized carbons (Fsp3) is 0.586. The van der Waals surface area contributed by atoms with Gasteiger partial charge in [-0.05, 0) is 104 Å². The van der Waals surface area contributed by atoms with E-state index in [1.165, 1.54) is 16.7 Å². The molecule has 0 radical (unpaired) electrons. The van der Waals surface area contributed by atoms with Gasteiger partial charge in [0.1, 0.15) is 5.60 Å². The first kappa shape index (κ1) is 29.3. The highest BCUT2D eigenvalue weighted by Crippen LogP contribution is 2.38. The maximum absolute atomic E-state index is 12.3. The van der Waals surface area contributed by atoms with E-state index in [9.17, 15) is 4.79 Å². The van der Waals surface area contributed by atoms with Crippen LogP contribution in [-0.4, -0.2) is 67.0 Å². The van der Waals surface area contributed by atoms with Crippen LogP contribution in [0.25, 0.3) is 0 Å². The van der Waals surface area contributed by atoms with Crippen LogP contribution in [0.15, 0.2) is 34.9 Å². The first-order valence-electron chi connectivity index (χ1n) is 13.5. The lowest BCUT2D eigenvalue weighted by Gasteiger charge is -2.39. The quantitative estimate of drug-likeness (QED) is 0.403. The number of aryl methyl sites for hydroxylation is 2. The molecule has 1 amide bonds. The number of benzene rings is 1. The number of nitrogens with zero attached hydrogens (tertiary/aromatic N) is 2. The summed E-state index contributed by atoms with van der Waals surface area (Å²) >= 11 is 10.00. The molecule has 0 spiro atoms. The number of hydrogen-bond acceptors (Lipinski definition) is 6. The van der Waals surface area contributed by atoms with Crippen molar-refractivity contribution in [1.29, 1.82) is 0 Å². The van der Waals surface area contributed by atoms with Gasteiger partial charge >= 0.3 is 6.09 Å². The lowest BCUT2D eigenvalue weighted by Crippen LogP contribution is -2.50. The first-order chi connectivity index (χ1) is 18.1. The van der Waals surface area contributed by atoms with Crippen LogP contribution in [0.5, 0.6) is 0 Å². The highest BCUT2D eigenvalue weighted by Gasteiger charge is 2.33. The summed E-state index contributed by atoms with van der Waals surface area (Å²) in [5.74, 6) is 0. The third-order valence-electron chi connectivity index (χ3n) is 7.23. The molecule has 2 N–H and O–H groups in total. The highest BCUT2D eigenvalue weighted by molar-refractivity contribution is 9.10. The third kappa shape index (κ3) is 7.92. The summed E-state index contributed by atoms with van der Waals surface area (Å²) in [6, 6.07) is 8.97. The van der Waals surface area contributed by atoms with Gasteiger partial charge in [-0.3, -0.25) is 9.88 Å². The van der Waals surface area contributed by atoms with Crippen molar-refractivity contribution in [3.05, 3.63) is 62.3 Å². The van der Waals surface area contributed by atoms with Gasteiger partial charge in [-0.2, -0.15) is 0 Å². The molecule has 2 unspecified atom stereocenters. The molecule has 1 fully saturated rings. The number of fused-ring (bicyclic) bond motifs is 2. The number of ether oxygens (including phenoxy) is 2. The molecule has 0 saturated carbocycles. The van der Waals surface area contributed by atoms with Crippen molar-refractivity contribution in [2.24, 2.45) is 0 Å². The molecule has 38 heavy (non-hydrogen) atoms. The number of hydrogen-bond donors (Lipinski definition) is 2. The minimum Gasteiger partial charge on any atom is -0.444 e. The van der Waals surface area contributed by atoms with Gasteiger partial charge < -0.3 is 20.1 Å². The van der Waals surface area contributed by atoms with E-state index in [4.69, 9.17) is 26.1 Å². The van der Waals surface area contributed by atoms with Crippen LogP contribution in [0.3, 0.4) is 0 Å². The Morgan fingerprint density at radius 3 is 2.66 bits per heavy atom. The van der Waals surface area contributed by atoms with E-state index in [2.05, 4.69) is 49.7 Å². The van der Waals surface area contributed by atoms with E-state index in [0.717, 1.165) is 60.4 Å². The van der Waals surface area contributed by atoms with Gasteiger partial charge in [0.25, 0.3) is 0 Å². The number of carbonyl (C=O) groups excluding carboxylic acids is 1. The van der Waals surface area contributed by atoms with Crippen molar-refractivity contribution in [3.63, 3.8) is 0 Å². The van der Waals surface area contributed by atoms with E-state index in [0.29, 0.717) is 19.2 Å². The topological polar surface area (TPSA) is 75.7 Å². The Bertz CT molecular complexity index is 1050. The van der Waals surface area contributed by atoms with Crippen molar-refractivity contribution >= 4 is 33.6 Å². The largest absolute Gasteiger partial charge is 0.444 e. The lowest BCUT2D eigenvalue weighted by atomic mass is 9.93. The first-order valence-corrected chi connectivity index (χ1v) is 14.7. The summed E-state index contributed by atoms with van der Waals surface area (Å²) in [5.41, 5.74) is 4.55. The molecule has 4 rings (SSSR count). The standard InChI is InChI=1S/C29H40BrClN4O3/c1-29(2,3)38-28(36)34-24(11-14-37-4)18-32-23-9-12-35(13-10-23)27-25-8-7-22(31)16-19(25)5-6-20-15-21(30)17-33-26(20)27/h7-8,15-17,23-24,27,32H,5-6,9-14,18H2,1-4H3,(H,34,36). The molecule has 2 aliphatic rings. The number of pyridine rings is 1. The number of aromatic nitrogens is 1. The maximum Gasteiger partial charge on any atom is 0.407 e. The van der Waals surface area contributed by atoms with Crippen molar-refractivity contribution < 1.29 is 14.3 Å². The molecule has 2 atom stereocenters. The Morgan fingerprint density at radius 2 is 1.95 bits per heavy atom. The van der Waals surface area contributed by atoms with Crippen molar-refractivity contribution in [1.82, 2.24) is 20.5 Å². The Hall–Kier alpha value is -1.71. The molecule has 1 saturated heterocycles. The van der Waals surface area contributed by atoms with E-state index in [1.54, 1.807) is 7.11 Å². The van der Waals surface area contributed by atoms with Gasteiger partial charge in [-0.1, -0.05) is 17.7 Å². The van der Waals surface area contributed by atoms with Gasteiger partial charge in [0.15, 0.2) is 0 Å². The van der Waals surface area contributed by atoms with Gasteiger partial charge in [-0.15, -0.1) is 0 Å². The van der Waals surface area contributed by atoms with Crippen molar-refractivity contribution in [2.45, 2.75) is 76.6 Å². The van der Waals surface area contributed by atoms with E-state index in [1.807, 2.05) is 33.0 Å². The minimum atomic E-state index is -0.526. The zero-order valence-electron chi connectivity index (χ0n) is 22.9. The van der Waals surface area contributed by atoms with Crippen LogP contribution >= 0.6 is 27.5 Å². The number of halogens is 2. The normalized spacial score (nSPS) is 19.3. The Balaban J connectivity index is 1.41. The number of piperidine rings is 1. The van der Waals surface area contributed by atoms with Crippen LogP contribution in [0, 0.1) is 0 Å². The number of methoxy groups -OCH3 is 1. The summed E-state index contributed by atoms with van der Waals surface area (Å²) in [5, 5.41) is 7.49. The Kier molecular flexibility index (Phi) is 10.1. The monoisotopic (exact) mass is 606 g/mol. The van der Waals surface area contributed by atoms with Crippen LogP contribution in [0.1, 0.15) is 68.5 Å². The van der Waals surface area contributed by atoms with Crippen LogP contribution in [0.4, 0.5) is 4.79 Å². The summed E-state index contributed by atoms with van der Waals surface area (Å²) < 4.78 is 11.7. The number of nitrogens with one attached hydrogen (secondary N) is 2.